The number of ether oxygens (including phenoxy) is 3. The summed E-state index contributed by atoms with van der Waals surface area (Å²) in [5, 5.41) is 17.8. The molecule has 0 spiro atoms. The number of amides is 2. The zero-order chi connectivity index (χ0) is 28.3. The van der Waals surface area contributed by atoms with E-state index >= 15 is 0 Å². The molecule has 222 valence electrons. The molecular formula is C31H47N3O6. The summed E-state index contributed by atoms with van der Waals surface area (Å²) in [6, 6.07) is 8.94. The molecule has 3 saturated heterocycles. The van der Waals surface area contributed by atoms with Crippen LogP contribution in [-0.4, -0.2) is 83.9 Å². The van der Waals surface area contributed by atoms with Crippen molar-refractivity contribution in [3.05, 3.63) is 35.9 Å². The number of aliphatic hydroxyl groups is 1. The molecule has 5 atom stereocenters. The van der Waals surface area contributed by atoms with Crippen molar-refractivity contribution in [2.24, 2.45) is 11.8 Å². The smallest absolute Gasteiger partial charge is 0.408 e. The van der Waals surface area contributed by atoms with Crippen molar-refractivity contribution in [2.45, 2.75) is 108 Å². The van der Waals surface area contributed by atoms with E-state index in [1.54, 1.807) is 0 Å². The molecule has 1 aliphatic carbocycles. The summed E-state index contributed by atoms with van der Waals surface area (Å²) in [6.45, 7) is 8.05. The zero-order valence-corrected chi connectivity index (χ0v) is 24.3. The normalized spacial score (nSPS) is 32.0. The van der Waals surface area contributed by atoms with Crippen LogP contribution < -0.4 is 10.6 Å². The van der Waals surface area contributed by atoms with Crippen LogP contribution in [-0.2, 0) is 25.4 Å². The first-order valence-corrected chi connectivity index (χ1v) is 15.1. The maximum Gasteiger partial charge on any atom is 0.408 e. The van der Waals surface area contributed by atoms with Crippen LogP contribution in [0.4, 0.5) is 4.79 Å². The summed E-state index contributed by atoms with van der Waals surface area (Å²) in [7, 11) is 0. The standard InChI is InChI=1S/C31H47N3O6/c1-30(2,3)33-27(36)25-18-22-11-7-8-12-23(22)19-34(25)20-26(35)24(17-21-9-5-4-6-10-21)32-29(37)40-31-13-15-38-28(31)39-16-14-31/h4-6,9-10,22-26,28,35H,7-8,11-20H2,1-3H3,(H,32,37)(H,33,36)/t22-,23+,24-,25-,26+,28?,31?/m0/s1. The number of piperidine rings is 1. The Morgan fingerprint density at radius 1 is 1.10 bits per heavy atom. The Balaban J connectivity index is 1.31. The van der Waals surface area contributed by atoms with E-state index in [2.05, 4.69) is 15.5 Å². The van der Waals surface area contributed by atoms with Gasteiger partial charge in [0.05, 0.1) is 31.4 Å². The van der Waals surface area contributed by atoms with Crippen molar-refractivity contribution in [2.75, 3.05) is 26.3 Å². The maximum absolute atomic E-state index is 13.5. The Bertz CT molecular complexity index is 1000. The highest BCUT2D eigenvalue weighted by Crippen LogP contribution is 2.40. The van der Waals surface area contributed by atoms with Crippen LogP contribution in [0.15, 0.2) is 30.3 Å². The van der Waals surface area contributed by atoms with Gasteiger partial charge in [0.15, 0.2) is 11.9 Å². The van der Waals surface area contributed by atoms with Crippen molar-refractivity contribution in [3.8, 4) is 0 Å². The molecule has 1 saturated carbocycles. The Labute approximate surface area is 238 Å². The third kappa shape index (κ3) is 6.98. The third-order valence-corrected chi connectivity index (χ3v) is 9.11. The molecule has 5 rings (SSSR count). The van der Waals surface area contributed by atoms with E-state index in [0.717, 1.165) is 24.9 Å². The molecule has 0 aromatic heterocycles. The zero-order valence-electron chi connectivity index (χ0n) is 24.3. The van der Waals surface area contributed by atoms with Gasteiger partial charge in [0.25, 0.3) is 0 Å². The number of carbonyl (C=O) groups excluding carboxylic acids is 2. The average Bonchev–Trinajstić information content (AvgIpc) is 3.47. The number of carbonyl (C=O) groups is 2. The molecule has 1 aromatic carbocycles. The van der Waals surface area contributed by atoms with Crippen LogP contribution in [0.3, 0.4) is 0 Å². The lowest BCUT2D eigenvalue weighted by Crippen LogP contribution is -2.60. The number of aliphatic hydroxyl groups excluding tert-OH is 1. The van der Waals surface area contributed by atoms with E-state index < -0.39 is 30.1 Å². The molecule has 1 aromatic rings. The number of fused-ring (bicyclic) bond motifs is 2. The van der Waals surface area contributed by atoms with Crippen molar-refractivity contribution in [1.82, 2.24) is 15.5 Å². The quantitative estimate of drug-likeness (QED) is 0.450. The second-order valence-electron chi connectivity index (χ2n) is 13.3. The fraction of sp³-hybridized carbons (Fsp3) is 0.742. The van der Waals surface area contributed by atoms with Crippen LogP contribution >= 0.6 is 0 Å². The van der Waals surface area contributed by atoms with Crippen LogP contribution in [0.5, 0.6) is 0 Å². The van der Waals surface area contributed by atoms with Gasteiger partial charge >= 0.3 is 6.09 Å². The molecule has 4 fully saturated rings. The van der Waals surface area contributed by atoms with Gasteiger partial charge in [-0.05, 0) is 57.4 Å². The molecule has 40 heavy (non-hydrogen) atoms. The number of nitrogens with one attached hydrogen (secondary N) is 2. The lowest BCUT2D eigenvalue weighted by atomic mass is 9.72. The molecule has 3 heterocycles. The number of likely N-dealkylation sites (tertiary alicyclic amines) is 1. The van der Waals surface area contributed by atoms with Gasteiger partial charge in [0.2, 0.25) is 5.91 Å². The van der Waals surface area contributed by atoms with E-state index in [-0.39, 0.29) is 17.5 Å². The van der Waals surface area contributed by atoms with Crippen LogP contribution in [0.25, 0.3) is 0 Å². The minimum Gasteiger partial charge on any atom is -0.437 e. The minimum absolute atomic E-state index is 0.0170. The number of hydrogen-bond donors (Lipinski definition) is 3. The van der Waals surface area contributed by atoms with Crippen molar-refractivity contribution < 1.29 is 28.9 Å². The largest absolute Gasteiger partial charge is 0.437 e. The van der Waals surface area contributed by atoms with Crippen LogP contribution in [0.2, 0.25) is 0 Å². The Morgan fingerprint density at radius 3 is 2.45 bits per heavy atom. The maximum atomic E-state index is 13.5. The number of nitrogens with zero attached hydrogens (tertiary/aromatic N) is 1. The van der Waals surface area contributed by atoms with Gasteiger partial charge in [-0.1, -0.05) is 49.6 Å². The highest BCUT2D eigenvalue weighted by atomic mass is 16.7. The van der Waals surface area contributed by atoms with E-state index in [4.69, 9.17) is 14.2 Å². The Hall–Kier alpha value is -2.20. The fourth-order valence-electron chi connectivity index (χ4n) is 7.05. The summed E-state index contributed by atoms with van der Waals surface area (Å²) >= 11 is 0. The first kappa shape index (κ1) is 29.3. The fourth-order valence-corrected chi connectivity index (χ4v) is 7.05. The molecule has 0 unspecified atom stereocenters. The van der Waals surface area contributed by atoms with Gasteiger partial charge in [-0.15, -0.1) is 0 Å². The van der Waals surface area contributed by atoms with Crippen molar-refractivity contribution in [3.63, 3.8) is 0 Å². The van der Waals surface area contributed by atoms with E-state index in [1.807, 2.05) is 51.1 Å². The first-order chi connectivity index (χ1) is 19.1. The van der Waals surface area contributed by atoms with Gasteiger partial charge in [-0.2, -0.15) is 0 Å². The predicted octanol–water partition coefficient (Wildman–Crippen LogP) is 3.39. The summed E-state index contributed by atoms with van der Waals surface area (Å²) in [4.78, 5) is 28.8. The number of β-amino-alcohol motifs (C(OH)–C–C–N with tert-alkyl or cyclic N) is 1. The number of hydrogen-bond acceptors (Lipinski definition) is 7. The van der Waals surface area contributed by atoms with Gasteiger partial charge in [0.1, 0.15) is 0 Å². The lowest BCUT2D eigenvalue weighted by molar-refractivity contribution is -0.139. The highest BCUT2D eigenvalue weighted by molar-refractivity contribution is 5.82. The number of benzene rings is 1. The molecule has 4 aliphatic rings. The lowest BCUT2D eigenvalue weighted by Gasteiger charge is -2.47. The molecule has 9 nitrogen and oxygen atoms in total. The molecule has 3 aliphatic heterocycles. The van der Waals surface area contributed by atoms with Crippen LogP contribution in [0, 0.1) is 11.8 Å². The Morgan fingerprint density at radius 2 is 1.77 bits per heavy atom. The predicted molar refractivity (Wildman–Crippen MR) is 151 cm³/mol. The first-order valence-electron chi connectivity index (χ1n) is 15.1. The summed E-state index contributed by atoms with van der Waals surface area (Å²) in [5.74, 6) is 1.09. The van der Waals surface area contributed by atoms with E-state index in [1.165, 1.54) is 19.3 Å². The summed E-state index contributed by atoms with van der Waals surface area (Å²) in [6.07, 6.45) is 5.21. The monoisotopic (exact) mass is 557 g/mol. The highest BCUT2D eigenvalue weighted by Gasteiger charge is 2.53. The average molecular weight is 558 g/mol. The van der Waals surface area contributed by atoms with E-state index in [0.29, 0.717) is 50.9 Å². The van der Waals surface area contributed by atoms with Crippen molar-refractivity contribution in [1.29, 1.82) is 0 Å². The molecule has 0 radical (unpaired) electrons. The van der Waals surface area contributed by atoms with E-state index in [9.17, 15) is 14.7 Å². The van der Waals surface area contributed by atoms with Gasteiger partial charge in [0, 0.05) is 31.5 Å². The summed E-state index contributed by atoms with van der Waals surface area (Å²) in [5.41, 5.74) is -0.105. The van der Waals surface area contributed by atoms with Crippen LogP contribution in [0.1, 0.15) is 71.3 Å². The molecule has 9 heteroatoms. The van der Waals surface area contributed by atoms with Gasteiger partial charge in [-0.3, -0.25) is 9.69 Å². The Kier molecular flexibility index (Phi) is 9.05. The second kappa shape index (κ2) is 12.3. The number of rotatable bonds is 8. The molecular weight excluding hydrogens is 510 g/mol. The number of alkyl carbamates (subject to hydrolysis) is 1. The summed E-state index contributed by atoms with van der Waals surface area (Å²) < 4.78 is 17.2. The minimum atomic E-state index is -0.897. The van der Waals surface area contributed by atoms with Gasteiger partial charge in [-0.25, -0.2) is 4.79 Å². The molecule has 2 amide bonds. The van der Waals surface area contributed by atoms with Gasteiger partial charge < -0.3 is 30.0 Å². The van der Waals surface area contributed by atoms with Crippen molar-refractivity contribution >= 4 is 12.0 Å². The topological polar surface area (TPSA) is 109 Å². The second-order valence-corrected chi connectivity index (χ2v) is 13.3. The third-order valence-electron chi connectivity index (χ3n) is 9.11. The SMILES string of the molecule is CC(C)(C)NC(=O)[C@@H]1C[C@@H]2CCCC[C@@H]2CN1C[C@@H](O)[C@H](Cc1ccccc1)NC(=O)OC12CCOC1OCC2. The molecule has 3 N–H and O–H groups in total. The molecule has 0 bridgehead atoms.